The van der Waals surface area contributed by atoms with E-state index in [-0.39, 0.29) is 0 Å². The van der Waals surface area contributed by atoms with Crippen LogP contribution in [0.3, 0.4) is 0 Å². The Bertz CT molecular complexity index is 371. The highest BCUT2D eigenvalue weighted by Gasteiger charge is 2.28. The van der Waals surface area contributed by atoms with Crippen LogP contribution in [0.4, 0.5) is 0 Å². The van der Waals surface area contributed by atoms with Crippen molar-refractivity contribution >= 4 is 11.6 Å². The summed E-state index contributed by atoms with van der Waals surface area (Å²) in [4.78, 5) is 0. The summed E-state index contributed by atoms with van der Waals surface area (Å²) in [6.45, 7) is 5.36. The predicted octanol–water partition coefficient (Wildman–Crippen LogP) is 4.49. The summed E-state index contributed by atoms with van der Waals surface area (Å²) in [7, 11) is 0. The van der Waals surface area contributed by atoms with Crippen LogP contribution in [0.15, 0.2) is 18.2 Å². The van der Waals surface area contributed by atoms with Crippen molar-refractivity contribution in [2.24, 2.45) is 5.92 Å². The monoisotopic (exact) mass is 251 g/mol. The SMILES string of the molecule is CCCNC(c1ccc(C)c(Cl)c1)C1CCC1. The largest absolute Gasteiger partial charge is 0.310 e. The van der Waals surface area contributed by atoms with Gasteiger partial charge in [-0.3, -0.25) is 0 Å². The molecule has 0 aromatic heterocycles. The number of halogens is 1. The number of benzene rings is 1. The molecule has 1 aliphatic carbocycles. The van der Waals surface area contributed by atoms with Crippen LogP contribution in [-0.2, 0) is 0 Å². The van der Waals surface area contributed by atoms with Crippen molar-refractivity contribution in [1.82, 2.24) is 5.32 Å². The fourth-order valence-electron chi connectivity index (χ4n) is 2.43. The van der Waals surface area contributed by atoms with E-state index in [2.05, 4.69) is 37.4 Å². The Kier molecular flexibility index (Phi) is 4.47. The quantitative estimate of drug-likeness (QED) is 0.813. The molecule has 0 radical (unpaired) electrons. The first-order chi connectivity index (χ1) is 8.22. The van der Waals surface area contributed by atoms with E-state index < -0.39 is 0 Å². The lowest BCUT2D eigenvalue weighted by Gasteiger charge is -2.35. The Morgan fingerprint density at radius 1 is 1.41 bits per heavy atom. The minimum atomic E-state index is 0.502. The van der Waals surface area contributed by atoms with Crippen LogP contribution in [0, 0.1) is 12.8 Å². The molecule has 17 heavy (non-hydrogen) atoms. The minimum absolute atomic E-state index is 0.502. The molecule has 2 heteroatoms. The Balaban J connectivity index is 2.15. The molecular formula is C15H22ClN. The van der Waals surface area contributed by atoms with Crippen molar-refractivity contribution in [1.29, 1.82) is 0 Å². The minimum Gasteiger partial charge on any atom is -0.310 e. The van der Waals surface area contributed by atoms with Gasteiger partial charge in [-0.25, -0.2) is 0 Å². The Hall–Kier alpha value is -0.530. The third-order valence-electron chi connectivity index (χ3n) is 3.79. The predicted molar refractivity (Wildman–Crippen MR) is 74.6 cm³/mol. The van der Waals surface area contributed by atoms with Crippen molar-refractivity contribution in [3.63, 3.8) is 0 Å². The Morgan fingerprint density at radius 2 is 2.18 bits per heavy atom. The van der Waals surface area contributed by atoms with Gasteiger partial charge in [0.1, 0.15) is 0 Å². The second-order valence-electron chi connectivity index (χ2n) is 5.13. The third kappa shape index (κ3) is 3.02. The van der Waals surface area contributed by atoms with Gasteiger partial charge in [0, 0.05) is 11.1 Å². The average molecular weight is 252 g/mol. The topological polar surface area (TPSA) is 12.0 Å². The number of aryl methyl sites for hydroxylation is 1. The molecule has 0 bridgehead atoms. The molecule has 1 atom stereocenters. The summed E-state index contributed by atoms with van der Waals surface area (Å²) in [5.74, 6) is 0.806. The van der Waals surface area contributed by atoms with Gasteiger partial charge in [-0.05, 0) is 55.8 Å². The second-order valence-corrected chi connectivity index (χ2v) is 5.54. The molecule has 0 amide bonds. The summed E-state index contributed by atoms with van der Waals surface area (Å²) >= 11 is 6.23. The molecule has 1 aromatic carbocycles. The van der Waals surface area contributed by atoms with E-state index in [9.17, 15) is 0 Å². The lowest BCUT2D eigenvalue weighted by molar-refractivity contribution is 0.231. The van der Waals surface area contributed by atoms with Gasteiger partial charge >= 0.3 is 0 Å². The molecule has 1 nitrogen and oxygen atoms in total. The van der Waals surface area contributed by atoms with Gasteiger partial charge in [0.05, 0.1) is 0 Å². The summed E-state index contributed by atoms with van der Waals surface area (Å²) in [5, 5.41) is 4.57. The Morgan fingerprint density at radius 3 is 2.71 bits per heavy atom. The van der Waals surface area contributed by atoms with E-state index >= 15 is 0 Å². The van der Waals surface area contributed by atoms with E-state index in [1.165, 1.54) is 36.8 Å². The first kappa shape index (κ1) is 12.9. The van der Waals surface area contributed by atoms with E-state index in [1.807, 2.05) is 0 Å². The fourth-order valence-corrected chi connectivity index (χ4v) is 2.62. The highest BCUT2D eigenvalue weighted by molar-refractivity contribution is 6.31. The molecular weight excluding hydrogens is 230 g/mol. The first-order valence-corrected chi connectivity index (χ1v) is 7.09. The second kappa shape index (κ2) is 5.88. The van der Waals surface area contributed by atoms with Crippen LogP contribution in [0.2, 0.25) is 5.02 Å². The number of hydrogen-bond acceptors (Lipinski definition) is 1. The number of rotatable bonds is 5. The molecule has 1 fully saturated rings. The molecule has 1 aromatic rings. The van der Waals surface area contributed by atoms with E-state index in [0.29, 0.717) is 6.04 Å². The lowest BCUT2D eigenvalue weighted by atomic mass is 9.77. The lowest BCUT2D eigenvalue weighted by Crippen LogP contribution is -2.32. The summed E-state index contributed by atoms with van der Waals surface area (Å²) in [5.41, 5.74) is 2.53. The van der Waals surface area contributed by atoms with Crippen LogP contribution in [0.25, 0.3) is 0 Å². The fraction of sp³-hybridized carbons (Fsp3) is 0.600. The molecule has 1 N–H and O–H groups in total. The van der Waals surface area contributed by atoms with Crippen molar-refractivity contribution in [3.05, 3.63) is 34.3 Å². The van der Waals surface area contributed by atoms with Crippen LogP contribution < -0.4 is 5.32 Å². The van der Waals surface area contributed by atoms with Crippen LogP contribution in [-0.4, -0.2) is 6.54 Å². The smallest absolute Gasteiger partial charge is 0.0438 e. The normalized spacial score (nSPS) is 17.8. The molecule has 1 unspecified atom stereocenters. The van der Waals surface area contributed by atoms with Gasteiger partial charge in [0.2, 0.25) is 0 Å². The van der Waals surface area contributed by atoms with Crippen LogP contribution >= 0.6 is 11.6 Å². The highest BCUT2D eigenvalue weighted by atomic mass is 35.5. The van der Waals surface area contributed by atoms with Gasteiger partial charge in [0.25, 0.3) is 0 Å². The molecule has 1 saturated carbocycles. The third-order valence-corrected chi connectivity index (χ3v) is 4.20. The zero-order chi connectivity index (χ0) is 12.3. The van der Waals surface area contributed by atoms with Crippen molar-refractivity contribution in [2.45, 2.75) is 45.6 Å². The maximum absolute atomic E-state index is 6.23. The standard InChI is InChI=1S/C15H22ClN/c1-3-9-17-15(12-5-4-6-12)13-8-7-11(2)14(16)10-13/h7-8,10,12,15,17H,3-6,9H2,1-2H3. The molecule has 0 spiro atoms. The number of nitrogens with one attached hydrogen (secondary N) is 1. The summed E-state index contributed by atoms with van der Waals surface area (Å²) in [6, 6.07) is 7.01. The first-order valence-electron chi connectivity index (χ1n) is 6.71. The van der Waals surface area contributed by atoms with Gasteiger partial charge in [-0.2, -0.15) is 0 Å². The van der Waals surface area contributed by atoms with Gasteiger partial charge in [-0.15, -0.1) is 0 Å². The maximum atomic E-state index is 6.23. The molecule has 0 aliphatic heterocycles. The highest BCUT2D eigenvalue weighted by Crippen LogP contribution is 2.38. The summed E-state index contributed by atoms with van der Waals surface area (Å²) < 4.78 is 0. The zero-order valence-electron chi connectivity index (χ0n) is 10.8. The number of hydrogen-bond donors (Lipinski definition) is 1. The van der Waals surface area contributed by atoms with E-state index in [1.54, 1.807) is 0 Å². The molecule has 0 heterocycles. The van der Waals surface area contributed by atoms with Crippen molar-refractivity contribution in [3.8, 4) is 0 Å². The maximum Gasteiger partial charge on any atom is 0.0438 e. The molecule has 1 aliphatic rings. The molecule has 2 rings (SSSR count). The van der Waals surface area contributed by atoms with E-state index in [0.717, 1.165) is 17.5 Å². The van der Waals surface area contributed by atoms with Crippen molar-refractivity contribution in [2.75, 3.05) is 6.54 Å². The van der Waals surface area contributed by atoms with Gasteiger partial charge < -0.3 is 5.32 Å². The van der Waals surface area contributed by atoms with Gasteiger partial charge in [0.15, 0.2) is 0 Å². The average Bonchev–Trinajstić information content (AvgIpc) is 2.25. The Labute approximate surface area is 110 Å². The molecule has 94 valence electrons. The summed E-state index contributed by atoms with van der Waals surface area (Å²) in [6.07, 6.45) is 5.27. The van der Waals surface area contributed by atoms with Crippen LogP contribution in [0.1, 0.15) is 49.8 Å². The van der Waals surface area contributed by atoms with Crippen molar-refractivity contribution < 1.29 is 0 Å². The zero-order valence-corrected chi connectivity index (χ0v) is 11.6. The van der Waals surface area contributed by atoms with Crippen LogP contribution in [0.5, 0.6) is 0 Å². The van der Waals surface area contributed by atoms with Gasteiger partial charge in [-0.1, -0.05) is 37.1 Å². The van der Waals surface area contributed by atoms with E-state index in [4.69, 9.17) is 11.6 Å². The molecule has 0 saturated heterocycles.